The van der Waals surface area contributed by atoms with Crippen molar-refractivity contribution in [1.82, 2.24) is 10.2 Å². The van der Waals surface area contributed by atoms with Gasteiger partial charge in [-0.2, -0.15) is 5.10 Å². The molecule has 2 aromatic rings. The first-order valence-corrected chi connectivity index (χ1v) is 4.30. The van der Waals surface area contributed by atoms with Crippen LogP contribution in [0, 0.1) is 0 Å². The number of hydrogen-bond acceptors (Lipinski definition) is 4. The molecule has 0 bridgehead atoms. The van der Waals surface area contributed by atoms with Gasteiger partial charge in [0.25, 0.3) is 0 Å². The molecule has 1 aromatic carbocycles. The maximum atomic E-state index is 3.87. The molecule has 70 valence electrons. The highest BCUT2D eigenvalue weighted by atomic mass is 15.4. The lowest BCUT2D eigenvalue weighted by atomic mass is 10.3. The second kappa shape index (κ2) is 4.23. The summed E-state index contributed by atoms with van der Waals surface area (Å²) in [6.07, 6.45) is 1.63. The quantitative estimate of drug-likeness (QED) is 0.719. The Balaban J connectivity index is 1.96. The molecule has 0 aliphatic carbocycles. The molecule has 14 heavy (non-hydrogen) atoms. The Bertz CT molecular complexity index is 334. The van der Waals surface area contributed by atoms with Crippen molar-refractivity contribution in [2.24, 2.45) is 0 Å². The Morgan fingerprint density at radius 2 is 1.71 bits per heavy atom. The zero-order valence-electron chi connectivity index (χ0n) is 7.51. The van der Waals surface area contributed by atoms with Crippen LogP contribution in [0.1, 0.15) is 0 Å². The molecule has 0 saturated carbocycles. The third kappa shape index (κ3) is 2.20. The lowest BCUT2D eigenvalue weighted by Gasteiger charge is -2.06. The highest BCUT2D eigenvalue weighted by molar-refractivity contribution is 5.48. The highest BCUT2D eigenvalue weighted by Gasteiger charge is 1.90. The summed E-state index contributed by atoms with van der Waals surface area (Å²) in [4.78, 5) is 0. The van der Waals surface area contributed by atoms with Crippen LogP contribution in [-0.4, -0.2) is 10.2 Å². The average molecular weight is 186 g/mol. The maximum absolute atomic E-state index is 3.87. The van der Waals surface area contributed by atoms with Gasteiger partial charge in [-0.05, 0) is 24.3 Å². The summed E-state index contributed by atoms with van der Waals surface area (Å²) in [7, 11) is 0. The molecule has 0 spiro atoms. The number of hydrazine groups is 1. The molecule has 0 atom stereocenters. The van der Waals surface area contributed by atoms with Gasteiger partial charge in [-0.1, -0.05) is 18.2 Å². The summed E-state index contributed by atoms with van der Waals surface area (Å²) in [6.45, 7) is 0. The van der Waals surface area contributed by atoms with Gasteiger partial charge >= 0.3 is 0 Å². The number of hydrogen-bond donors (Lipinski definition) is 2. The van der Waals surface area contributed by atoms with E-state index in [1.807, 2.05) is 42.5 Å². The van der Waals surface area contributed by atoms with Crippen LogP contribution in [0.4, 0.5) is 11.5 Å². The number of rotatable bonds is 3. The van der Waals surface area contributed by atoms with Crippen molar-refractivity contribution in [3.8, 4) is 0 Å². The molecular weight excluding hydrogens is 176 g/mol. The average Bonchev–Trinajstić information content (AvgIpc) is 2.29. The normalized spacial score (nSPS) is 9.43. The van der Waals surface area contributed by atoms with Gasteiger partial charge in [0.15, 0.2) is 5.82 Å². The Hall–Kier alpha value is -2.10. The van der Waals surface area contributed by atoms with Crippen LogP contribution in [-0.2, 0) is 0 Å². The van der Waals surface area contributed by atoms with Gasteiger partial charge in [0.2, 0.25) is 0 Å². The van der Waals surface area contributed by atoms with E-state index in [-0.39, 0.29) is 0 Å². The monoisotopic (exact) mass is 186 g/mol. The summed E-state index contributed by atoms with van der Waals surface area (Å²) < 4.78 is 0. The molecule has 4 heteroatoms. The SMILES string of the molecule is c1ccc(NNc2cccnn2)cc1. The lowest BCUT2D eigenvalue weighted by Crippen LogP contribution is -2.09. The Morgan fingerprint density at radius 1 is 0.857 bits per heavy atom. The molecule has 0 unspecified atom stereocenters. The zero-order chi connectivity index (χ0) is 9.64. The molecule has 1 aromatic heterocycles. The van der Waals surface area contributed by atoms with Crippen LogP contribution in [0.5, 0.6) is 0 Å². The Labute approximate surface area is 82.0 Å². The van der Waals surface area contributed by atoms with Gasteiger partial charge in [0, 0.05) is 6.20 Å². The summed E-state index contributed by atoms with van der Waals surface area (Å²) in [6, 6.07) is 13.5. The van der Waals surface area contributed by atoms with Crippen LogP contribution in [0.2, 0.25) is 0 Å². The standard InChI is InChI=1S/C10H10N4/c1-2-5-9(6-3-1)12-14-10-7-4-8-11-13-10/h1-8,12H,(H,13,14). The molecule has 0 aliphatic rings. The number of anilines is 2. The van der Waals surface area contributed by atoms with E-state index in [9.17, 15) is 0 Å². The molecule has 0 amide bonds. The fraction of sp³-hybridized carbons (Fsp3) is 0. The molecule has 4 nitrogen and oxygen atoms in total. The van der Waals surface area contributed by atoms with Gasteiger partial charge in [0.1, 0.15) is 0 Å². The van der Waals surface area contributed by atoms with E-state index in [1.54, 1.807) is 6.20 Å². The van der Waals surface area contributed by atoms with Crippen molar-refractivity contribution in [2.75, 3.05) is 10.9 Å². The van der Waals surface area contributed by atoms with E-state index in [0.717, 1.165) is 5.69 Å². The topological polar surface area (TPSA) is 49.8 Å². The van der Waals surface area contributed by atoms with Crippen molar-refractivity contribution in [2.45, 2.75) is 0 Å². The Morgan fingerprint density at radius 3 is 2.43 bits per heavy atom. The number of nitrogens with zero attached hydrogens (tertiary/aromatic N) is 2. The van der Waals surface area contributed by atoms with Gasteiger partial charge in [0.05, 0.1) is 5.69 Å². The minimum Gasteiger partial charge on any atom is -0.300 e. The molecule has 2 rings (SSSR count). The summed E-state index contributed by atoms with van der Waals surface area (Å²) >= 11 is 0. The highest BCUT2D eigenvalue weighted by Crippen LogP contribution is 2.05. The second-order valence-electron chi connectivity index (χ2n) is 2.72. The summed E-state index contributed by atoms with van der Waals surface area (Å²) in [5.74, 6) is 0.691. The molecule has 0 fully saturated rings. The van der Waals surface area contributed by atoms with Crippen molar-refractivity contribution < 1.29 is 0 Å². The van der Waals surface area contributed by atoms with E-state index < -0.39 is 0 Å². The first-order chi connectivity index (χ1) is 6.95. The van der Waals surface area contributed by atoms with Crippen LogP contribution in [0.3, 0.4) is 0 Å². The summed E-state index contributed by atoms with van der Waals surface area (Å²) in [5.41, 5.74) is 6.93. The summed E-state index contributed by atoms with van der Waals surface area (Å²) in [5, 5.41) is 7.61. The first-order valence-electron chi connectivity index (χ1n) is 4.30. The minimum atomic E-state index is 0.691. The zero-order valence-corrected chi connectivity index (χ0v) is 7.51. The van der Waals surface area contributed by atoms with Crippen molar-refractivity contribution in [3.05, 3.63) is 48.7 Å². The van der Waals surface area contributed by atoms with Crippen LogP contribution < -0.4 is 10.9 Å². The van der Waals surface area contributed by atoms with Crippen molar-refractivity contribution in [1.29, 1.82) is 0 Å². The lowest BCUT2D eigenvalue weighted by molar-refractivity contribution is 1.03. The molecule has 2 N–H and O–H groups in total. The predicted octanol–water partition coefficient (Wildman–Crippen LogP) is 1.92. The van der Waals surface area contributed by atoms with E-state index >= 15 is 0 Å². The number of nitrogens with one attached hydrogen (secondary N) is 2. The molecule has 1 heterocycles. The largest absolute Gasteiger partial charge is 0.300 e. The van der Waals surface area contributed by atoms with E-state index in [2.05, 4.69) is 21.0 Å². The van der Waals surface area contributed by atoms with E-state index in [4.69, 9.17) is 0 Å². The van der Waals surface area contributed by atoms with Gasteiger partial charge in [-0.25, -0.2) is 0 Å². The number of aromatic nitrogens is 2. The maximum Gasteiger partial charge on any atom is 0.167 e. The molecular formula is C10H10N4. The minimum absolute atomic E-state index is 0.691. The van der Waals surface area contributed by atoms with Crippen LogP contribution in [0.25, 0.3) is 0 Å². The van der Waals surface area contributed by atoms with Gasteiger partial charge in [-0.15, -0.1) is 5.10 Å². The van der Waals surface area contributed by atoms with Gasteiger partial charge in [-0.3, -0.25) is 10.9 Å². The third-order valence-corrected chi connectivity index (χ3v) is 1.68. The van der Waals surface area contributed by atoms with Crippen LogP contribution in [0.15, 0.2) is 48.7 Å². The number of benzene rings is 1. The molecule has 0 radical (unpaired) electrons. The van der Waals surface area contributed by atoms with Crippen LogP contribution >= 0.6 is 0 Å². The van der Waals surface area contributed by atoms with E-state index in [1.165, 1.54) is 0 Å². The van der Waals surface area contributed by atoms with Gasteiger partial charge < -0.3 is 0 Å². The van der Waals surface area contributed by atoms with E-state index in [0.29, 0.717) is 5.82 Å². The number of para-hydroxylation sites is 1. The Kier molecular flexibility index (Phi) is 2.56. The van der Waals surface area contributed by atoms with Crippen molar-refractivity contribution >= 4 is 11.5 Å². The third-order valence-electron chi connectivity index (χ3n) is 1.68. The molecule has 0 saturated heterocycles. The fourth-order valence-electron chi connectivity index (χ4n) is 1.03. The molecule has 0 aliphatic heterocycles. The fourth-order valence-corrected chi connectivity index (χ4v) is 1.03. The van der Waals surface area contributed by atoms with Crippen molar-refractivity contribution in [3.63, 3.8) is 0 Å². The first kappa shape index (κ1) is 8.50. The predicted molar refractivity (Wildman–Crippen MR) is 55.7 cm³/mol. The second-order valence-corrected chi connectivity index (χ2v) is 2.72. The smallest absolute Gasteiger partial charge is 0.167 e.